The van der Waals surface area contributed by atoms with E-state index in [0.29, 0.717) is 11.1 Å². The molecule has 0 saturated heterocycles. The van der Waals surface area contributed by atoms with E-state index in [1.54, 1.807) is 0 Å². The third-order valence-electron chi connectivity index (χ3n) is 7.56. The first-order chi connectivity index (χ1) is 19.5. The summed E-state index contributed by atoms with van der Waals surface area (Å²) in [5.41, 5.74) is 0.379. The van der Waals surface area contributed by atoms with E-state index in [1.807, 2.05) is 0 Å². The zero-order valence-corrected chi connectivity index (χ0v) is 21.2. The summed E-state index contributed by atoms with van der Waals surface area (Å²) in [7, 11) is 0. The number of phenolic OH excluding ortho intramolecular Hbond substituents is 6. The minimum absolute atomic E-state index is 0.0149. The lowest BCUT2D eigenvalue weighted by atomic mass is 9.77. The molecule has 212 valence electrons. The van der Waals surface area contributed by atoms with Crippen LogP contribution in [0.4, 0.5) is 0 Å². The molecule has 0 bridgehead atoms. The van der Waals surface area contributed by atoms with E-state index in [-0.39, 0.29) is 45.4 Å². The van der Waals surface area contributed by atoms with Crippen LogP contribution in [0.1, 0.15) is 52.0 Å². The molecule has 0 spiro atoms. The average molecular weight is 563 g/mol. The maximum Gasteiger partial charge on any atom is 0.152 e. The van der Waals surface area contributed by atoms with Crippen LogP contribution in [-0.4, -0.2) is 58.2 Å². The van der Waals surface area contributed by atoms with Gasteiger partial charge in [0.15, 0.2) is 12.2 Å². The lowest BCUT2D eigenvalue weighted by molar-refractivity contribution is -0.0722. The predicted molar refractivity (Wildman–Crippen MR) is 141 cm³/mol. The summed E-state index contributed by atoms with van der Waals surface area (Å²) >= 11 is 0. The molecule has 0 unspecified atom stereocenters. The van der Waals surface area contributed by atoms with Gasteiger partial charge in [-0.25, -0.2) is 0 Å². The first-order valence-corrected chi connectivity index (χ1v) is 12.6. The fourth-order valence-electron chi connectivity index (χ4n) is 5.64. The van der Waals surface area contributed by atoms with Gasteiger partial charge < -0.3 is 55.4 Å². The normalized spacial score (nSPS) is 25.0. The molecule has 9 N–H and O–H groups in total. The van der Waals surface area contributed by atoms with Gasteiger partial charge in [-0.3, -0.25) is 0 Å². The zero-order valence-electron chi connectivity index (χ0n) is 21.2. The Morgan fingerprint density at radius 1 is 0.488 bits per heavy atom. The van der Waals surface area contributed by atoms with Crippen LogP contribution in [0.3, 0.4) is 0 Å². The summed E-state index contributed by atoms with van der Waals surface area (Å²) < 4.78 is 12.1. The quantitative estimate of drug-likeness (QED) is 0.178. The molecule has 0 radical (unpaired) electrons. The molecule has 0 amide bonds. The number of ether oxygens (including phenoxy) is 2. The minimum Gasteiger partial charge on any atom is -0.508 e. The molecule has 2 heterocycles. The van der Waals surface area contributed by atoms with Crippen molar-refractivity contribution >= 4 is 0 Å². The maximum atomic E-state index is 11.7. The van der Waals surface area contributed by atoms with E-state index in [4.69, 9.17) is 9.47 Å². The average Bonchev–Trinajstić information content (AvgIpc) is 2.92. The van der Waals surface area contributed by atoms with Crippen LogP contribution in [0.2, 0.25) is 0 Å². The second kappa shape index (κ2) is 9.66. The SMILES string of the molecule is Oc1ccc([C@@H]2Oc3cc(O)cc(O)c3[C@@H](c3c(O)cc(O)c4c3O[C@@H](c3ccc(O)cc3)[C@H](O)[C@@H]4O)[C@H]2O)cc1. The molecule has 0 saturated carbocycles. The Labute approximate surface area is 232 Å². The van der Waals surface area contributed by atoms with Crippen molar-refractivity contribution in [1.29, 1.82) is 0 Å². The van der Waals surface area contributed by atoms with Gasteiger partial charge in [0.25, 0.3) is 0 Å². The van der Waals surface area contributed by atoms with Gasteiger partial charge in [0.1, 0.15) is 64.3 Å². The van der Waals surface area contributed by atoms with E-state index >= 15 is 0 Å². The lowest BCUT2D eigenvalue weighted by Gasteiger charge is -2.41. The van der Waals surface area contributed by atoms with E-state index in [9.17, 15) is 46.0 Å². The summed E-state index contributed by atoms with van der Waals surface area (Å²) in [4.78, 5) is 0. The summed E-state index contributed by atoms with van der Waals surface area (Å²) in [6, 6.07) is 14.7. The van der Waals surface area contributed by atoms with Gasteiger partial charge in [-0.15, -0.1) is 0 Å². The highest BCUT2D eigenvalue weighted by atomic mass is 16.5. The van der Waals surface area contributed by atoms with Crippen LogP contribution >= 0.6 is 0 Å². The number of aliphatic hydroxyl groups is 3. The second-order valence-corrected chi connectivity index (χ2v) is 10.1. The van der Waals surface area contributed by atoms with Gasteiger partial charge >= 0.3 is 0 Å². The molecular weight excluding hydrogens is 536 g/mol. The summed E-state index contributed by atoms with van der Waals surface area (Å²) in [5, 5.41) is 96.2. The Hall–Kier alpha value is -4.84. The van der Waals surface area contributed by atoms with Crippen molar-refractivity contribution in [3.63, 3.8) is 0 Å². The standard InChI is InChI=1S/C30H26O11/c31-14-5-1-12(2-6-14)28-26(38)24(21-17(34)9-16(33)10-20(21)40-28)22-18(35)11-19(36)23-25(37)27(39)29(41-30(22)23)13-3-7-15(32)8-4-13/h1-11,24-29,31-39H/t24-,25+,26+,27+,28-,29-/m0/s1. The van der Waals surface area contributed by atoms with Crippen LogP contribution in [0.5, 0.6) is 46.0 Å². The number of aliphatic hydroxyl groups excluding tert-OH is 3. The van der Waals surface area contributed by atoms with Gasteiger partial charge in [0.05, 0.1) is 11.5 Å². The van der Waals surface area contributed by atoms with E-state index in [0.717, 1.165) is 12.1 Å². The van der Waals surface area contributed by atoms with E-state index in [2.05, 4.69) is 0 Å². The molecule has 0 aliphatic carbocycles. The van der Waals surface area contributed by atoms with Crippen molar-refractivity contribution in [2.75, 3.05) is 0 Å². The molecule has 0 aromatic heterocycles. The number of benzene rings is 4. The number of fused-ring (bicyclic) bond motifs is 2. The number of phenols is 6. The third-order valence-corrected chi connectivity index (χ3v) is 7.56. The monoisotopic (exact) mass is 562 g/mol. The van der Waals surface area contributed by atoms with Crippen LogP contribution in [0.25, 0.3) is 0 Å². The van der Waals surface area contributed by atoms with Gasteiger partial charge in [-0.1, -0.05) is 24.3 Å². The molecule has 6 atom stereocenters. The van der Waals surface area contributed by atoms with E-state index < -0.39 is 53.7 Å². The van der Waals surface area contributed by atoms with Crippen molar-refractivity contribution in [1.82, 2.24) is 0 Å². The van der Waals surface area contributed by atoms with Gasteiger partial charge in [-0.05, 0) is 35.4 Å². The predicted octanol–water partition coefficient (Wildman–Crippen LogP) is 3.07. The first-order valence-electron chi connectivity index (χ1n) is 12.6. The van der Waals surface area contributed by atoms with E-state index in [1.165, 1.54) is 54.6 Å². The Kier molecular flexibility index (Phi) is 6.22. The smallest absolute Gasteiger partial charge is 0.152 e. The van der Waals surface area contributed by atoms with Crippen LogP contribution in [0.15, 0.2) is 66.7 Å². The van der Waals surface area contributed by atoms with Crippen LogP contribution in [-0.2, 0) is 0 Å². The van der Waals surface area contributed by atoms with Crippen molar-refractivity contribution in [2.24, 2.45) is 0 Å². The van der Waals surface area contributed by atoms with Crippen molar-refractivity contribution in [2.45, 2.75) is 36.4 Å². The van der Waals surface area contributed by atoms with Crippen molar-refractivity contribution < 1.29 is 55.4 Å². The highest BCUT2D eigenvalue weighted by molar-refractivity contribution is 5.66. The topological polar surface area (TPSA) is 201 Å². The first kappa shape index (κ1) is 26.4. The lowest BCUT2D eigenvalue weighted by Crippen LogP contribution is -2.38. The van der Waals surface area contributed by atoms with Gasteiger partial charge in [-0.2, -0.15) is 0 Å². The molecule has 6 rings (SSSR count). The van der Waals surface area contributed by atoms with Crippen molar-refractivity contribution in [3.8, 4) is 46.0 Å². The molecule has 2 aliphatic heterocycles. The van der Waals surface area contributed by atoms with Gasteiger partial charge in [0.2, 0.25) is 0 Å². The molecule has 0 fully saturated rings. The highest BCUT2D eigenvalue weighted by Gasteiger charge is 2.47. The third kappa shape index (κ3) is 4.27. The molecule has 2 aliphatic rings. The highest BCUT2D eigenvalue weighted by Crippen LogP contribution is 2.58. The number of aromatic hydroxyl groups is 6. The maximum absolute atomic E-state index is 11.7. The number of rotatable bonds is 3. The molecule has 11 nitrogen and oxygen atoms in total. The Morgan fingerprint density at radius 2 is 1.00 bits per heavy atom. The van der Waals surface area contributed by atoms with Gasteiger partial charge in [0, 0.05) is 29.3 Å². The Morgan fingerprint density at radius 3 is 1.59 bits per heavy atom. The molecule has 4 aromatic rings. The Balaban J connectivity index is 1.57. The zero-order chi connectivity index (χ0) is 29.2. The van der Waals surface area contributed by atoms with Crippen LogP contribution in [0, 0.1) is 0 Å². The fraction of sp³-hybridized carbons (Fsp3) is 0.200. The number of hydrogen-bond acceptors (Lipinski definition) is 11. The molecule has 11 heteroatoms. The summed E-state index contributed by atoms with van der Waals surface area (Å²) in [6.45, 7) is 0. The minimum atomic E-state index is -1.70. The van der Waals surface area contributed by atoms with Crippen molar-refractivity contribution in [3.05, 3.63) is 94.5 Å². The Bertz CT molecular complexity index is 1620. The molecular formula is C30H26O11. The number of hydrogen-bond donors (Lipinski definition) is 9. The summed E-state index contributed by atoms with van der Waals surface area (Å²) in [5.74, 6) is -3.59. The fourth-order valence-corrected chi connectivity index (χ4v) is 5.64. The second-order valence-electron chi connectivity index (χ2n) is 10.1. The summed E-state index contributed by atoms with van der Waals surface area (Å²) in [6.07, 6.45) is -7.16. The van der Waals surface area contributed by atoms with Crippen LogP contribution < -0.4 is 9.47 Å². The largest absolute Gasteiger partial charge is 0.508 e. The molecule has 4 aromatic carbocycles. The molecule has 41 heavy (non-hydrogen) atoms.